The number of rotatable bonds is 19. The summed E-state index contributed by atoms with van der Waals surface area (Å²) in [4.78, 5) is 44.0. The van der Waals surface area contributed by atoms with E-state index in [4.69, 9.17) is 28.9 Å². The number of nitrogens with zero attached hydrogens (tertiary/aromatic N) is 10. The summed E-state index contributed by atoms with van der Waals surface area (Å²) in [7, 11) is 3.25. The summed E-state index contributed by atoms with van der Waals surface area (Å²) in [6.07, 6.45) is 5.45. The highest BCUT2D eigenvalue weighted by molar-refractivity contribution is 5.71. The molecule has 0 atom stereocenters. The first kappa shape index (κ1) is 50.8. The fraction of sp³-hybridized carbons (Fsp3) is 0.357. The van der Waals surface area contributed by atoms with Crippen LogP contribution in [0.5, 0.6) is 23.0 Å². The molecule has 10 rings (SSSR count). The third kappa shape index (κ3) is 10.4. The minimum absolute atomic E-state index is 0.145. The molecule has 4 aromatic heterocycles. The zero-order valence-electron chi connectivity index (χ0n) is 44.3. The van der Waals surface area contributed by atoms with Gasteiger partial charge in [0.05, 0.1) is 56.4 Å². The van der Waals surface area contributed by atoms with Gasteiger partial charge >= 0.3 is 11.4 Å². The summed E-state index contributed by atoms with van der Waals surface area (Å²) in [6.45, 7) is 15.8. The van der Waals surface area contributed by atoms with E-state index in [1.165, 1.54) is 6.33 Å². The molecule has 0 aliphatic carbocycles. The average Bonchev–Trinajstić information content (AvgIpc) is 4.15. The standard InChI is InChI=1S/C56H64N14O6/c1-9-75-47-25-38-11-17-67-44(41(38)27-45(47)73-7)30-51(69(55(67)71)16-10-14-58-54-59-32-61-65-54)63-53-37(6)23-34(3)24-40(53)13-20-76-48-26-39-12-18-68-43(42(39)28-46(48)74-8)29-50(62-52-35(4)21-33(2)22-36(52)5)70(56(68)72)19-15-57-49-31-60-66-64-49/h21-32H,9-20H2,1-8H3,(H2,57,60,64,66)(H2,58,59,61,65). The van der Waals surface area contributed by atoms with Crippen molar-refractivity contribution in [2.24, 2.45) is 9.98 Å². The van der Waals surface area contributed by atoms with Crippen molar-refractivity contribution in [3.63, 3.8) is 0 Å². The van der Waals surface area contributed by atoms with Gasteiger partial charge in [0, 0.05) is 68.9 Å². The van der Waals surface area contributed by atoms with E-state index in [-0.39, 0.29) is 11.4 Å². The Balaban J connectivity index is 0.979. The third-order valence-electron chi connectivity index (χ3n) is 14.0. The largest absolute Gasteiger partial charge is 0.493 e. The Bertz CT molecular complexity index is 3700. The highest BCUT2D eigenvalue weighted by Gasteiger charge is 2.25. The maximum atomic E-state index is 14.7. The van der Waals surface area contributed by atoms with Crippen LogP contribution in [-0.2, 0) is 45.4 Å². The normalized spacial score (nSPS) is 12.9. The predicted octanol–water partition coefficient (Wildman–Crippen LogP) is 6.95. The van der Waals surface area contributed by atoms with Crippen LogP contribution in [0.25, 0.3) is 22.5 Å². The van der Waals surface area contributed by atoms with Crippen LogP contribution in [0.4, 0.5) is 23.1 Å². The number of hydrogen-bond acceptors (Lipinski definition) is 14. The number of nitrogens with one attached hydrogen (secondary N) is 4. The van der Waals surface area contributed by atoms with E-state index in [1.54, 1.807) is 29.6 Å². The van der Waals surface area contributed by atoms with Crippen LogP contribution in [0, 0.1) is 34.6 Å². The van der Waals surface area contributed by atoms with Crippen LogP contribution in [0.15, 0.2) is 92.8 Å². The first-order valence-electron chi connectivity index (χ1n) is 25.7. The molecule has 20 heteroatoms. The molecule has 0 spiro atoms. The molecule has 2 aliphatic rings. The number of benzene rings is 4. The lowest BCUT2D eigenvalue weighted by Crippen LogP contribution is -2.43. The number of aryl methyl sites for hydroxylation is 7. The molecule has 4 aromatic carbocycles. The van der Waals surface area contributed by atoms with Gasteiger partial charge in [-0.25, -0.2) is 29.7 Å². The number of methoxy groups -OCH3 is 2. The lowest BCUT2D eigenvalue weighted by Gasteiger charge is -2.25. The zero-order chi connectivity index (χ0) is 53.0. The average molecular weight is 1030 g/mol. The number of H-pyrrole nitrogens is 2. The van der Waals surface area contributed by atoms with E-state index in [0.717, 1.165) is 78.4 Å². The first-order valence-corrected chi connectivity index (χ1v) is 25.7. The highest BCUT2D eigenvalue weighted by Crippen LogP contribution is 2.40. The van der Waals surface area contributed by atoms with Crippen molar-refractivity contribution in [2.75, 3.05) is 51.2 Å². The van der Waals surface area contributed by atoms with Gasteiger partial charge in [0.15, 0.2) is 28.8 Å². The van der Waals surface area contributed by atoms with Crippen molar-refractivity contribution in [1.29, 1.82) is 0 Å². The Morgan fingerprint density at radius 3 is 1.83 bits per heavy atom. The Morgan fingerprint density at radius 2 is 1.25 bits per heavy atom. The smallest absolute Gasteiger partial charge is 0.330 e. The van der Waals surface area contributed by atoms with Gasteiger partial charge in [-0.3, -0.25) is 18.3 Å². The van der Waals surface area contributed by atoms with Crippen molar-refractivity contribution in [1.82, 2.24) is 48.9 Å². The molecule has 0 unspecified atom stereocenters. The van der Waals surface area contributed by atoms with Gasteiger partial charge in [-0.15, -0.1) is 5.10 Å². The number of anilines is 2. The van der Waals surface area contributed by atoms with Crippen LogP contribution in [0.2, 0.25) is 0 Å². The molecule has 0 fully saturated rings. The minimum Gasteiger partial charge on any atom is -0.493 e. The van der Waals surface area contributed by atoms with Crippen molar-refractivity contribution < 1.29 is 18.9 Å². The summed E-state index contributed by atoms with van der Waals surface area (Å²) in [5.41, 5.74) is 14.0. The number of aromatic nitrogens is 10. The maximum absolute atomic E-state index is 14.7. The Morgan fingerprint density at radius 1 is 0.658 bits per heavy atom. The van der Waals surface area contributed by atoms with Crippen molar-refractivity contribution >= 4 is 23.1 Å². The molecule has 0 bridgehead atoms. The second-order valence-electron chi connectivity index (χ2n) is 19.3. The molecule has 0 radical (unpaired) electrons. The van der Waals surface area contributed by atoms with Crippen LogP contribution >= 0.6 is 0 Å². The van der Waals surface area contributed by atoms with E-state index in [0.29, 0.717) is 124 Å². The lowest BCUT2D eigenvalue weighted by atomic mass is 9.96. The summed E-state index contributed by atoms with van der Waals surface area (Å²) in [6, 6.07) is 20.5. The second-order valence-corrected chi connectivity index (χ2v) is 19.3. The summed E-state index contributed by atoms with van der Waals surface area (Å²) >= 11 is 0. The molecular weight excluding hydrogens is 965 g/mol. The van der Waals surface area contributed by atoms with Gasteiger partial charge in [0.1, 0.15) is 17.3 Å². The van der Waals surface area contributed by atoms with Gasteiger partial charge in [-0.2, -0.15) is 15.4 Å². The Labute approximate surface area is 439 Å². The fourth-order valence-electron chi connectivity index (χ4n) is 10.6. The molecule has 394 valence electrons. The van der Waals surface area contributed by atoms with Crippen molar-refractivity contribution in [3.8, 4) is 45.5 Å². The van der Waals surface area contributed by atoms with Crippen LogP contribution in [0.3, 0.4) is 0 Å². The molecular formula is C56H64N14O6. The molecule has 76 heavy (non-hydrogen) atoms. The number of aromatic amines is 2. The molecule has 6 heterocycles. The van der Waals surface area contributed by atoms with Crippen LogP contribution in [-0.4, -0.2) is 89.4 Å². The van der Waals surface area contributed by atoms with Gasteiger partial charge in [-0.1, -0.05) is 35.4 Å². The number of fused-ring (bicyclic) bond motifs is 6. The first-order chi connectivity index (χ1) is 36.9. The molecule has 8 aromatic rings. The van der Waals surface area contributed by atoms with Crippen LogP contribution in [0.1, 0.15) is 57.9 Å². The SMILES string of the molecule is CCOc1cc2c(cc1OC)-c1cc(=Nc3c(C)cc(C)cc3CCOc3cc4c(cc3OC)-c3cc(=Nc5c(C)cc(C)cc5C)n(CCNc5cn[nH]n5)c(=O)n3CC4)n(CCCNc3ncn[nH]3)c(=O)n1CC2. The minimum atomic E-state index is -0.160. The van der Waals surface area contributed by atoms with Crippen LogP contribution < -0.4 is 51.9 Å². The Kier molecular flexibility index (Phi) is 14.7. The topological polar surface area (TPSA) is 223 Å². The predicted molar refractivity (Wildman–Crippen MR) is 291 cm³/mol. The van der Waals surface area contributed by atoms with Crippen molar-refractivity contribution in [2.45, 2.75) is 93.4 Å². The Hall–Kier alpha value is -8.68. The molecule has 2 aliphatic heterocycles. The number of ether oxygens (including phenoxy) is 4. The maximum Gasteiger partial charge on any atom is 0.330 e. The van der Waals surface area contributed by atoms with Gasteiger partial charge in [0.2, 0.25) is 5.95 Å². The quantitative estimate of drug-likeness (QED) is 0.0604. The number of hydrogen-bond donors (Lipinski definition) is 4. The second kappa shape index (κ2) is 22.0. The van der Waals surface area contributed by atoms with E-state index in [2.05, 4.69) is 86.3 Å². The third-order valence-corrected chi connectivity index (χ3v) is 14.0. The summed E-state index contributed by atoms with van der Waals surface area (Å²) in [5.74, 6) is 3.57. The van der Waals surface area contributed by atoms with E-state index in [9.17, 15) is 9.59 Å². The lowest BCUT2D eigenvalue weighted by molar-refractivity contribution is 0.297. The molecule has 4 N–H and O–H groups in total. The van der Waals surface area contributed by atoms with Gasteiger partial charge in [0.25, 0.3) is 0 Å². The molecule has 0 saturated carbocycles. The van der Waals surface area contributed by atoms with Gasteiger partial charge < -0.3 is 29.6 Å². The van der Waals surface area contributed by atoms with E-state index >= 15 is 0 Å². The summed E-state index contributed by atoms with van der Waals surface area (Å²) < 4.78 is 31.6. The molecule has 20 nitrogen and oxygen atoms in total. The summed E-state index contributed by atoms with van der Waals surface area (Å²) in [5, 5.41) is 23.9. The van der Waals surface area contributed by atoms with Crippen molar-refractivity contribution in [3.05, 3.63) is 150 Å². The van der Waals surface area contributed by atoms with E-state index in [1.807, 2.05) is 66.3 Å². The molecule has 0 amide bonds. The zero-order valence-corrected chi connectivity index (χ0v) is 44.3. The highest BCUT2D eigenvalue weighted by atomic mass is 16.5. The monoisotopic (exact) mass is 1030 g/mol. The fourth-order valence-corrected chi connectivity index (χ4v) is 10.6. The molecule has 0 saturated heterocycles. The van der Waals surface area contributed by atoms with E-state index < -0.39 is 0 Å². The van der Waals surface area contributed by atoms with Gasteiger partial charge in [-0.05, 0) is 118 Å².